The number of aryl methyl sites for hydroxylation is 1. The Morgan fingerprint density at radius 1 is 1.43 bits per heavy atom. The molecular weight excluding hydrogens is 228 g/mol. The summed E-state index contributed by atoms with van der Waals surface area (Å²) in [4.78, 5) is -0.570. The third-order valence-corrected chi connectivity index (χ3v) is 3.02. The molecule has 0 aromatic heterocycles. The maximum Gasteiger partial charge on any atom is 0.298 e. The summed E-state index contributed by atoms with van der Waals surface area (Å²) >= 11 is 5.72. The van der Waals surface area contributed by atoms with Gasteiger partial charge in [-0.2, -0.15) is 8.42 Å². The highest BCUT2D eigenvalue weighted by molar-refractivity contribution is 7.86. The lowest BCUT2D eigenvalue weighted by molar-refractivity contribution is 0.443. The highest BCUT2D eigenvalue weighted by Gasteiger charge is 2.17. The normalized spacial score (nSPS) is 11.6. The van der Waals surface area contributed by atoms with Gasteiger partial charge in [0.15, 0.2) is 0 Å². The Hall–Kier alpha value is -0.780. The molecule has 0 aliphatic heterocycles. The van der Waals surface area contributed by atoms with Crippen LogP contribution in [0.4, 0.5) is 0 Å². The van der Waals surface area contributed by atoms with E-state index in [1.807, 2.05) is 6.92 Å². The number of benzene rings is 1. The van der Waals surface area contributed by atoms with Gasteiger partial charge in [0.05, 0.1) is 0 Å². The SMILES string of the molecule is CCc1cc(O)c(S(=O)(=O)O)cc1Cl. The number of rotatable bonds is 2. The Labute approximate surface area is 86.9 Å². The van der Waals surface area contributed by atoms with Crippen LogP contribution in [0.3, 0.4) is 0 Å². The lowest BCUT2D eigenvalue weighted by atomic mass is 10.1. The van der Waals surface area contributed by atoms with Gasteiger partial charge in [-0.3, -0.25) is 4.55 Å². The monoisotopic (exact) mass is 236 g/mol. The van der Waals surface area contributed by atoms with Gasteiger partial charge in [0.1, 0.15) is 10.6 Å². The fourth-order valence-electron chi connectivity index (χ4n) is 1.06. The number of halogens is 1. The molecule has 6 heteroatoms. The Balaban J connectivity index is 3.44. The van der Waals surface area contributed by atoms with Crippen LogP contribution in [0.1, 0.15) is 12.5 Å². The van der Waals surface area contributed by atoms with Crippen LogP contribution in [0, 0.1) is 0 Å². The van der Waals surface area contributed by atoms with Crippen molar-refractivity contribution in [1.29, 1.82) is 0 Å². The van der Waals surface area contributed by atoms with E-state index in [0.717, 1.165) is 6.07 Å². The molecule has 0 unspecified atom stereocenters. The van der Waals surface area contributed by atoms with Crippen molar-refractivity contribution in [3.8, 4) is 5.75 Å². The van der Waals surface area contributed by atoms with Gasteiger partial charge in [-0.25, -0.2) is 0 Å². The van der Waals surface area contributed by atoms with E-state index in [1.54, 1.807) is 0 Å². The summed E-state index contributed by atoms with van der Waals surface area (Å²) in [7, 11) is -4.42. The molecule has 0 amide bonds. The molecule has 1 aromatic rings. The highest BCUT2D eigenvalue weighted by Crippen LogP contribution is 2.29. The van der Waals surface area contributed by atoms with Crippen LogP contribution in [0.15, 0.2) is 17.0 Å². The van der Waals surface area contributed by atoms with Gasteiger partial charge in [0, 0.05) is 5.02 Å². The highest BCUT2D eigenvalue weighted by atomic mass is 35.5. The lowest BCUT2D eigenvalue weighted by Gasteiger charge is -2.05. The topological polar surface area (TPSA) is 74.6 Å². The second-order valence-corrected chi connectivity index (χ2v) is 4.54. The fraction of sp³-hybridized carbons (Fsp3) is 0.250. The zero-order valence-electron chi connectivity index (χ0n) is 7.36. The molecule has 0 heterocycles. The molecule has 0 bridgehead atoms. The van der Waals surface area contributed by atoms with Crippen molar-refractivity contribution in [3.05, 3.63) is 22.7 Å². The average molecular weight is 237 g/mol. The molecule has 0 saturated carbocycles. The van der Waals surface area contributed by atoms with Gasteiger partial charge in [-0.15, -0.1) is 0 Å². The molecule has 0 spiro atoms. The summed E-state index contributed by atoms with van der Waals surface area (Å²) in [6.07, 6.45) is 0.568. The number of phenols is 1. The van der Waals surface area contributed by atoms with Crippen molar-refractivity contribution in [2.45, 2.75) is 18.2 Å². The first kappa shape index (κ1) is 11.3. The molecule has 0 radical (unpaired) electrons. The number of phenolic OH excluding ortho intramolecular Hbond substituents is 1. The Kier molecular flexibility index (Phi) is 3.04. The van der Waals surface area contributed by atoms with Gasteiger partial charge in [-0.05, 0) is 24.1 Å². The second kappa shape index (κ2) is 3.76. The number of hydrogen-bond acceptors (Lipinski definition) is 3. The summed E-state index contributed by atoms with van der Waals surface area (Å²) in [6.45, 7) is 1.81. The molecule has 14 heavy (non-hydrogen) atoms. The number of aromatic hydroxyl groups is 1. The molecule has 0 saturated heterocycles. The molecule has 4 nitrogen and oxygen atoms in total. The van der Waals surface area contributed by atoms with Gasteiger partial charge >= 0.3 is 0 Å². The molecule has 0 aliphatic rings. The Bertz CT molecular complexity index is 453. The molecule has 1 aromatic carbocycles. The molecule has 78 valence electrons. The second-order valence-electron chi connectivity index (χ2n) is 2.74. The lowest BCUT2D eigenvalue weighted by Crippen LogP contribution is -1.99. The fourth-order valence-corrected chi connectivity index (χ4v) is 2.02. The van der Waals surface area contributed by atoms with Gasteiger partial charge in [0.25, 0.3) is 10.1 Å². The van der Waals surface area contributed by atoms with Crippen LogP contribution < -0.4 is 0 Å². The van der Waals surface area contributed by atoms with Crippen LogP contribution in [-0.4, -0.2) is 18.1 Å². The van der Waals surface area contributed by atoms with Crippen LogP contribution in [0.2, 0.25) is 5.02 Å². The summed E-state index contributed by atoms with van der Waals surface area (Å²) in [5.41, 5.74) is 0.622. The summed E-state index contributed by atoms with van der Waals surface area (Å²) in [6, 6.07) is 2.26. The molecule has 0 fully saturated rings. The standard InChI is InChI=1S/C8H9ClO4S/c1-2-5-3-7(10)8(4-6(5)9)14(11,12)13/h3-4,10H,2H2,1H3,(H,11,12,13). The summed E-state index contributed by atoms with van der Waals surface area (Å²) in [5.74, 6) is -0.492. The molecular formula is C8H9ClO4S. The van der Waals surface area contributed by atoms with Gasteiger partial charge < -0.3 is 5.11 Å². The first-order valence-electron chi connectivity index (χ1n) is 3.85. The van der Waals surface area contributed by atoms with E-state index in [9.17, 15) is 13.5 Å². The van der Waals surface area contributed by atoms with Crippen LogP contribution >= 0.6 is 11.6 Å². The van der Waals surface area contributed by atoms with Crippen LogP contribution in [0.5, 0.6) is 5.75 Å². The molecule has 1 rings (SSSR count). The minimum Gasteiger partial charge on any atom is -0.506 e. The van der Waals surface area contributed by atoms with E-state index in [2.05, 4.69) is 0 Å². The Morgan fingerprint density at radius 3 is 2.43 bits per heavy atom. The average Bonchev–Trinajstić information content (AvgIpc) is 2.06. The maximum atomic E-state index is 10.7. The largest absolute Gasteiger partial charge is 0.506 e. The Morgan fingerprint density at radius 2 is 2.00 bits per heavy atom. The third-order valence-electron chi connectivity index (χ3n) is 1.79. The van der Waals surface area contributed by atoms with Gasteiger partial charge in [-0.1, -0.05) is 18.5 Å². The van der Waals surface area contributed by atoms with Crippen molar-refractivity contribution >= 4 is 21.7 Å². The van der Waals surface area contributed by atoms with Crippen molar-refractivity contribution in [2.24, 2.45) is 0 Å². The first-order chi connectivity index (χ1) is 6.36. The minimum absolute atomic E-state index is 0.206. The summed E-state index contributed by atoms with van der Waals surface area (Å²) < 4.78 is 30.2. The molecule has 2 N–H and O–H groups in total. The predicted molar refractivity (Wildman–Crippen MR) is 52.3 cm³/mol. The van der Waals surface area contributed by atoms with E-state index < -0.39 is 20.8 Å². The summed E-state index contributed by atoms with van der Waals surface area (Å²) in [5, 5.41) is 9.49. The molecule has 0 aliphatic carbocycles. The van der Waals surface area contributed by atoms with Crippen LogP contribution in [0.25, 0.3) is 0 Å². The van der Waals surface area contributed by atoms with Crippen molar-refractivity contribution in [2.75, 3.05) is 0 Å². The van der Waals surface area contributed by atoms with E-state index in [-0.39, 0.29) is 5.02 Å². The van der Waals surface area contributed by atoms with Crippen molar-refractivity contribution in [1.82, 2.24) is 0 Å². The zero-order chi connectivity index (χ0) is 10.9. The van der Waals surface area contributed by atoms with Gasteiger partial charge in [0.2, 0.25) is 0 Å². The third kappa shape index (κ3) is 2.17. The van der Waals surface area contributed by atoms with Crippen molar-refractivity contribution in [3.63, 3.8) is 0 Å². The minimum atomic E-state index is -4.42. The smallest absolute Gasteiger partial charge is 0.298 e. The molecule has 0 atom stereocenters. The van der Waals surface area contributed by atoms with Crippen molar-refractivity contribution < 1.29 is 18.1 Å². The maximum absolute atomic E-state index is 10.7. The first-order valence-corrected chi connectivity index (χ1v) is 5.67. The predicted octanol–water partition coefficient (Wildman–Crippen LogP) is 1.85. The zero-order valence-corrected chi connectivity index (χ0v) is 8.93. The van der Waals surface area contributed by atoms with E-state index in [1.165, 1.54) is 6.07 Å². The quantitative estimate of drug-likeness (QED) is 0.769. The number of hydrogen-bond donors (Lipinski definition) is 2. The van der Waals surface area contributed by atoms with E-state index in [0.29, 0.717) is 12.0 Å². The van der Waals surface area contributed by atoms with E-state index in [4.69, 9.17) is 16.2 Å². The van der Waals surface area contributed by atoms with E-state index >= 15 is 0 Å². The van der Waals surface area contributed by atoms with Crippen LogP contribution in [-0.2, 0) is 16.5 Å².